The van der Waals surface area contributed by atoms with Crippen molar-refractivity contribution in [3.63, 3.8) is 0 Å². The summed E-state index contributed by atoms with van der Waals surface area (Å²) in [5.41, 5.74) is 1.46. The maximum atomic E-state index is 13.3. The van der Waals surface area contributed by atoms with Gasteiger partial charge < -0.3 is 0 Å². The third-order valence-corrected chi connectivity index (χ3v) is 5.77. The molecule has 3 rings (SSSR count). The van der Waals surface area contributed by atoms with Gasteiger partial charge in [-0.05, 0) is 42.8 Å². The van der Waals surface area contributed by atoms with E-state index in [9.17, 15) is 17.6 Å². The molecule has 0 unspecified atom stereocenters. The molecule has 0 fully saturated rings. The molecule has 1 heterocycles. The molecule has 0 saturated heterocycles. The molecule has 0 bridgehead atoms. The summed E-state index contributed by atoms with van der Waals surface area (Å²) in [5, 5.41) is 0. The molecule has 132 valence electrons. The fourth-order valence-electron chi connectivity index (χ4n) is 2.80. The van der Waals surface area contributed by atoms with E-state index in [1.54, 1.807) is 33.2 Å². The lowest BCUT2D eigenvalue weighted by Crippen LogP contribution is -2.27. The molecule has 0 aliphatic heterocycles. The summed E-state index contributed by atoms with van der Waals surface area (Å²) < 4.78 is 44.0. The molecule has 0 spiro atoms. The Bertz CT molecular complexity index is 1120. The summed E-state index contributed by atoms with van der Waals surface area (Å²) in [7, 11) is -0.614. The van der Waals surface area contributed by atoms with E-state index in [-0.39, 0.29) is 10.6 Å². The zero-order chi connectivity index (χ0) is 18.4. The maximum Gasteiger partial charge on any atom is 0.328 e. The van der Waals surface area contributed by atoms with E-state index < -0.39 is 21.9 Å². The third-order valence-electron chi connectivity index (χ3n) is 4.23. The molecule has 3 aromatic rings. The highest BCUT2D eigenvalue weighted by Gasteiger charge is 2.20. The fourth-order valence-corrected chi connectivity index (χ4v) is 4.05. The van der Waals surface area contributed by atoms with Crippen molar-refractivity contribution < 1.29 is 12.8 Å². The maximum absolute atomic E-state index is 13.3. The average molecular weight is 363 g/mol. The number of rotatable bonds is 4. The summed E-state index contributed by atoms with van der Waals surface area (Å²) >= 11 is 0. The smallest absolute Gasteiger partial charge is 0.295 e. The number of fused-ring (bicyclic) bond motifs is 1. The molecule has 25 heavy (non-hydrogen) atoms. The van der Waals surface area contributed by atoms with Gasteiger partial charge in [-0.3, -0.25) is 9.13 Å². The fraction of sp³-hybridized carbons (Fsp3) is 0.235. The van der Waals surface area contributed by atoms with Crippen molar-refractivity contribution in [1.82, 2.24) is 13.9 Å². The van der Waals surface area contributed by atoms with Crippen LogP contribution in [0.5, 0.6) is 0 Å². The largest absolute Gasteiger partial charge is 0.328 e. The highest BCUT2D eigenvalue weighted by Crippen LogP contribution is 2.21. The second-order valence-corrected chi connectivity index (χ2v) is 7.66. The Morgan fingerprint density at radius 3 is 2.40 bits per heavy atom. The molecule has 0 aliphatic rings. The number of sulfonamides is 1. The van der Waals surface area contributed by atoms with Crippen molar-refractivity contribution in [2.75, 3.05) is 0 Å². The Labute approximate surface area is 144 Å². The zero-order valence-corrected chi connectivity index (χ0v) is 14.8. The monoisotopic (exact) mass is 363 g/mol. The van der Waals surface area contributed by atoms with Gasteiger partial charge >= 0.3 is 5.69 Å². The van der Waals surface area contributed by atoms with Gasteiger partial charge in [0, 0.05) is 20.1 Å². The summed E-state index contributed by atoms with van der Waals surface area (Å²) in [6, 6.07) is 9.67. The van der Waals surface area contributed by atoms with Crippen molar-refractivity contribution in [2.45, 2.75) is 17.9 Å². The molecule has 2 aromatic carbocycles. The second kappa shape index (κ2) is 6.12. The van der Waals surface area contributed by atoms with Crippen molar-refractivity contribution >= 4 is 21.1 Å². The predicted octanol–water partition coefficient (Wildman–Crippen LogP) is 2.06. The summed E-state index contributed by atoms with van der Waals surface area (Å²) in [5.74, 6) is -0.427. The van der Waals surface area contributed by atoms with Gasteiger partial charge in [0.15, 0.2) is 0 Å². The van der Waals surface area contributed by atoms with Gasteiger partial charge in [0.25, 0.3) is 0 Å². The van der Waals surface area contributed by atoms with Gasteiger partial charge in [0.2, 0.25) is 10.0 Å². The van der Waals surface area contributed by atoms with Crippen LogP contribution < -0.4 is 10.4 Å². The molecule has 1 aromatic heterocycles. The average Bonchev–Trinajstić information content (AvgIpc) is 2.79. The number of benzene rings is 2. The Morgan fingerprint density at radius 1 is 1.04 bits per heavy atom. The number of nitrogens with one attached hydrogen (secondary N) is 1. The molecule has 8 heteroatoms. The summed E-state index contributed by atoms with van der Waals surface area (Å²) in [4.78, 5) is 12.0. The van der Waals surface area contributed by atoms with E-state index in [0.29, 0.717) is 16.6 Å². The first kappa shape index (κ1) is 17.4. The lowest BCUT2D eigenvalue weighted by molar-refractivity contribution is 0.564. The highest BCUT2D eigenvalue weighted by molar-refractivity contribution is 7.89. The number of imidazole rings is 1. The number of aryl methyl sites for hydroxylation is 2. The van der Waals surface area contributed by atoms with Crippen molar-refractivity contribution in [2.24, 2.45) is 14.1 Å². The van der Waals surface area contributed by atoms with Crippen LogP contribution in [-0.2, 0) is 24.1 Å². The summed E-state index contributed by atoms with van der Waals surface area (Å²) in [6.45, 7) is 1.64. The van der Waals surface area contributed by atoms with E-state index in [0.717, 1.165) is 0 Å². The molecule has 1 atom stereocenters. The first-order valence-corrected chi connectivity index (χ1v) is 9.12. The van der Waals surface area contributed by atoms with Gasteiger partial charge in [-0.15, -0.1) is 0 Å². The molecule has 0 amide bonds. The topological polar surface area (TPSA) is 73.1 Å². The number of hydrogen-bond donors (Lipinski definition) is 1. The van der Waals surface area contributed by atoms with Crippen LogP contribution in [0.25, 0.3) is 11.0 Å². The number of nitrogens with zero attached hydrogens (tertiary/aromatic N) is 2. The van der Waals surface area contributed by atoms with Gasteiger partial charge in [-0.1, -0.05) is 12.1 Å². The Morgan fingerprint density at radius 2 is 1.72 bits per heavy atom. The predicted molar refractivity (Wildman–Crippen MR) is 93.3 cm³/mol. The van der Waals surface area contributed by atoms with Gasteiger partial charge in [-0.25, -0.2) is 22.3 Å². The second-order valence-electron chi connectivity index (χ2n) is 5.95. The van der Waals surface area contributed by atoms with Crippen LogP contribution in [0.4, 0.5) is 4.39 Å². The lowest BCUT2D eigenvalue weighted by Gasteiger charge is -2.15. The van der Waals surface area contributed by atoms with Crippen molar-refractivity contribution in [3.05, 3.63) is 64.3 Å². The Balaban J connectivity index is 1.98. The lowest BCUT2D eigenvalue weighted by atomic mass is 10.1. The van der Waals surface area contributed by atoms with Crippen LogP contribution in [0.1, 0.15) is 18.5 Å². The Kier molecular flexibility index (Phi) is 4.26. The van der Waals surface area contributed by atoms with E-state index in [2.05, 4.69) is 4.72 Å². The van der Waals surface area contributed by atoms with E-state index in [1.165, 1.54) is 39.5 Å². The molecule has 1 N–H and O–H groups in total. The highest BCUT2D eigenvalue weighted by atomic mass is 32.2. The molecule has 0 radical (unpaired) electrons. The van der Waals surface area contributed by atoms with Gasteiger partial charge in [-0.2, -0.15) is 0 Å². The Hall–Kier alpha value is -2.45. The molecule has 0 aliphatic carbocycles. The van der Waals surface area contributed by atoms with Crippen LogP contribution in [0.3, 0.4) is 0 Å². The minimum atomic E-state index is -3.83. The SMILES string of the molecule is C[C@@H](NS(=O)(=O)c1ccc2c(c1)n(C)c(=O)n2C)c1cccc(F)c1. The first-order valence-electron chi connectivity index (χ1n) is 7.64. The van der Waals surface area contributed by atoms with Crippen LogP contribution >= 0.6 is 0 Å². The van der Waals surface area contributed by atoms with Crippen molar-refractivity contribution in [1.29, 1.82) is 0 Å². The number of aromatic nitrogens is 2. The molecule has 0 saturated carbocycles. The minimum Gasteiger partial charge on any atom is -0.295 e. The quantitative estimate of drug-likeness (QED) is 0.771. The standard InChI is InChI=1S/C17H18FN3O3S/c1-11(12-5-4-6-13(18)9-12)19-25(23,24)14-7-8-15-16(10-14)21(3)17(22)20(15)2/h4-11,19H,1-3H3/t11-/m1/s1. The van der Waals surface area contributed by atoms with E-state index in [4.69, 9.17) is 0 Å². The van der Waals surface area contributed by atoms with Crippen LogP contribution in [0, 0.1) is 5.82 Å². The van der Waals surface area contributed by atoms with Gasteiger partial charge in [0.1, 0.15) is 5.82 Å². The first-order chi connectivity index (χ1) is 11.7. The third kappa shape index (κ3) is 3.10. The normalized spacial score (nSPS) is 13.3. The molecular formula is C17H18FN3O3S. The van der Waals surface area contributed by atoms with Crippen LogP contribution in [-0.4, -0.2) is 17.6 Å². The minimum absolute atomic E-state index is 0.0458. The molecule has 6 nitrogen and oxygen atoms in total. The number of halogens is 1. The summed E-state index contributed by atoms with van der Waals surface area (Å²) in [6.07, 6.45) is 0. The van der Waals surface area contributed by atoms with E-state index in [1.807, 2.05) is 0 Å². The van der Waals surface area contributed by atoms with Crippen LogP contribution in [0.2, 0.25) is 0 Å². The zero-order valence-electron chi connectivity index (χ0n) is 14.0. The number of hydrogen-bond acceptors (Lipinski definition) is 3. The molecular weight excluding hydrogens is 345 g/mol. The van der Waals surface area contributed by atoms with E-state index >= 15 is 0 Å². The van der Waals surface area contributed by atoms with Gasteiger partial charge in [0.05, 0.1) is 15.9 Å². The van der Waals surface area contributed by atoms with Crippen LogP contribution in [0.15, 0.2) is 52.2 Å². The van der Waals surface area contributed by atoms with Crippen molar-refractivity contribution in [3.8, 4) is 0 Å².